The Labute approximate surface area is 114 Å². The fraction of sp³-hybridized carbons (Fsp3) is 0.385. The van der Waals surface area contributed by atoms with E-state index in [0.29, 0.717) is 13.2 Å². The van der Waals surface area contributed by atoms with E-state index in [1.807, 2.05) is 24.3 Å². The third-order valence-electron chi connectivity index (χ3n) is 2.22. The first-order valence-electron chi connectivity index (χ1n) is 6.11. The lowest BCUT2D eigenvalue weighted by atomic mass is 10.2. The van der Waals surface area contributed by atoms with E-state index in [1.54, 1.807) is 33.2 Å². The summed E-state index contributed by atoms with van der Waals surface area (Å²) in [6.07, 6.45) is 3.35. The molecule has 0 saturated carbocycles. The van der Waals surface area contributed by atoms with Crippen LogP contribution in [0.1, 0.15) is 19.4 Å². The van der Waals surface area contributed by atoms with E-state index in [4.69, 9.17) is 13.8 Å². The van der Waals surface area contributed by atoms with Crippen molar-refractivity contribution in [3.63, 3.8) is 0 Å². The zero-order valence-electron chi connectivity index (χ0n) is 11.5. The summed E-state index contributed by atoms with van der Waals surface area (Å²) >= 11 is 0. The van der Waals surface area contributed by atoms with Crippen molar-refractivity contribution >= 4 is 13.8 Å². The van der Waals surface area contributed by atoms with Gasteiger partial charge >= 0.3 is 7.75 Å². The van der Waals surface area contributed by atoms with Crippen LogP contribution in [0.15, 0.2) is 30.5 Å². The standard InChI is InChI=1S/C13H20NO4P/c1-4-17-19(15,18-5-2)14-11-10-12-6-8-13(16-3)9-7-12/h6-11H,4-5H2,1-3H3,(H,14,15)/b11-10+. The molecule has 1 rings (SSSR count). The zero-order valence-corrected chi connectivity index (χ0v) is 12.4. The molecule has 1 N–H and O–H groups in total. The number of ether oxygens (including phenoxy) is 1. The lowest BCUT2D eigenvalue weighted by Gasteiger charge is -2.15. The van der Waals surface area contributed by atoms with E-state index in [2.05, 4.69) is 5.09 Å². The summed E-state index contributed by atoms with van der Waals surface area (Å²) in [6.45, 7) is 4.17. The fourth-order valence-electron chi connectivity index (χ4n) is 1.39. The Morgan fingerprint density at radius 1 is 1.16 bits per heavy atom. The monoisotopic (exact) mass is 285 g/mol. The second-order valence-electron chi connectivity index (χ2n) is 3.57. The minimum Gasteiger partial charge on any atom is -0.497 e. The third kappa shape index (κ3) is 5.47. The van der Waals surface area contributed by atoms with Gasteiger partial charge in [-0.1, -0.05) is 12.1 Å². The lowest BCUT2D eigenvalue weighted by Crippen LogP contribution is -2.08. The van der Waals surface area contributed by atoms with Crippen LogP contribution in [0.2, 0.25) is 0 Å². The summed E-state index contributed by atoms with van der Waals surface area (Å²) in [5.41, 5.74) is 0.952. The number of hydrogen-bond acceptors (Lipinski definition) is 4. The molecule has 0 unspecified atom stereocenters. The van der Waals surface area contributed by atoms with Gasteiger partial charge in [-0.3, -0.25) is 14.1 Å². The Balaban J connectivity index is 2.62. The molecule has 0 aliphatic rings. The number of nitrogens with one attached hydrogen (secondary N) is 1. The van der Waals surface area contributed by atoms with Gasteiger partial charge in [-0.15, -0.1) is 0 Å². The minimum absolute atomic E-state index is 0.320. The van der Waals surface area contributed by atoms with Crippen molar-refractivity contribution in [3.8, 4) is 5.75 Å². The Morgan fingerprint density at radius 3 is 2.21 bits per heavy atom. The second-order valence-corrected chi connectivity index (χ2v) is 5.34. The molecule has 1 aromatic rings. The molecule has 0 radical (unpaired) electrons. The van der Waals surface area contributed by atoms with Crippen LogP contribution >= 0.6 is 7.75 Å². The van der Waals surface area contributed by atoms with Gasteiger partial charge in [0.1, 0.15) is 5.75 Å². The first-order chi connectivity index (χ1) is 9.13. The average molecular weight is 285 g/mol. The molecule has 1 aromatic carbocycles. The van der Waals surface area contributed by atoms with E-state index in [0.717, 1.165) is 11.3 Å². The Morgan fingerprint density at radius 2 is 1.74 bits per heavy atom. The molecule has 0 atom stereocenters. The van der Waals surface area contributed by atoms with Gasteiger partial charge in [0, 0.05) is 6.20 Å². The van der Waals surface area contributed by atoms with Crippen molar-refractivity contribution in [1.82, 2.24) is 5.09 Å². The smallest absolute Gasteiger partial charge is 0.432 e. The summed E-state index contributed by atoms with van der Waals surface area (Å²) in [5.74, 6) is 0.791. The van der Waals surface area contributed by atoms with Gasteiger partial charge in [0.2, 0.25) is 0 Å². The van der Waals surface area contributed by atoms with Crippen molar-refractivity contribution in [3.05, 3.63) is 36.0 Å². The van der Waals surface area contributed by atoms with Gasteiger partial charge in [0.15, 0.2) is 0 Å². The van der Waals surface area contributed by atoms with Crippen LogP contribution in [0.4, 0.5) is 0 Å². The summed E-state index contributed by atoms with van der Waals surface area (Å²) in [5, 5.41) is 2.67. The van der Waals surface area contributed by atoms with E-state index < -0.39 is 7.75 Å². The van der Waals surface area contributed by atoms with Gasteiger partial charge in [-0.05, 0) is 37.6 Å². The summed E-state index contributed by atoms with van der Waals surface area (Å²) < 4.78 is 27.3. The molecule has 0 bridgehead atoms. The maximum Gasteiger partial charge on any atom is 0.432 e. The van der Waals surface area contributed by atoms with Gasteiger partial charge in [0.05, 0.1) is 20.3 Å². The second kappa shape index (κ2) is 8.00. The van der Waals surface area contributed by atoms with Crippen molar-refractivity contribution in [2.45, 2.75) is 13.8 Å². The van der Waals surface area contributed by atoms with Gasteiger partial charge in [0.25, 0.3) is 0 Å². The van der Waals surface area contributed by atoms with Gasteiger partial charge in [-0.2, -0.15) is 0 Å². The number of rotatable bonds is 8. The SMILES string of the molecule is CCOP(=O)(N/C=C/c1ccc(OC)cc1)OCC. The normalized spacial score (nSPS) is 11.7. The first kappa shape index (κ1) is 15.8. The molecular weight excluding hydrogens is 265 g/mol. The Bertz CT molecular complexity index is 434. The molecule has 0 heterocycles. The molecule has 6 heteroatoms. The largest absolute Gasteiger partial charge is 0.497 e. The molecule has 19 heavy (non-hydrogen) atoms. The molecule has 0 saturated heterocycles. The maximum atomic E-state index is 12.1. The summed E-state index contributed by atoms with van der Waals surface area (Å²) in [4.78, 5) is 0. The molecular formula is C13H20NO4P. The molecule has 5 nitrogen and oxygen atoms in total. The summed E-state index contributed by atoms with van der Waals surface area (Å²) in [6, 6.07) is 7.49. The number of hydrogen-bond donors (Lipinski definition) is 1. The van der Waals surface area contributed by atoms with Gasteiger partial charge < -0.3 is 4.74 Å². The third-order valence-corrected chi connectivity index (χ3v) is 3.88. The molecule has 0 aromatic heterocycles. The predicted octanol–water partition coefficient (Wildman–Crippen LogP) is 3.44. The zero-order chi connectivity index (χ0) is 14.1. The topological polar surface area (TPSA) is 56.8 Å². The fourth-order valence-corrected chi connectivity index (χ4v) is 2.55. The quantitative estimate of drug-likeness (QED) is 0.741. The highest BCUT2D eigenvalue weighted by molar-refractivity contribution is 7.51. The van der Waals surface area contributed by atoms with Crippen LogP contribution in [0.25, 0.3) is 6.08 Å². The van der Waals surface area contributed by atoms with Crippen LogP contribution in [-0.4, -0.2) is 20.3 Å². The highest BCUT2D eigenvalue weighted by atomic mass is 31.2. The first-order valence-corrected chi connectivity index (χ1v) is 7.65. The Kier molecular flexibility index (Phi) is 6.64. The Hall–Kier alpha value is -1.29. The molecule has 0 fully saturated rings. The van der Waals surface area contributed by atoms with Crippen LogP contribution in [-0.2, 0) is 13.6 Å². The average Bonchev–Trinajstić information content (AvgIpc) is 2.40. The molecule has 0 spiro atoms. The van der Waals surface area contributed by atoms with E-state index >= 15 is 0 Å². The maximum absolute atomic E-state index is 12.1. The van der Waals surface area contributed by atoms with E-state index in [-0.39, 0.29) is 0 Å². The molecule has 0 amide bonds. The molecule has 0 aliphatic carbocycles. The number of methoxy groups -OCH3 is 1. The minimum atomic E-state index is -3.23. The lowest BCUT2D eigenvalue weighted by molar-refractivity contribution is 0.215. The van der Waals surface area contributed by atoms with Crippen molar-refractivity contribution in [1.29, 1.82) is 0 Å². The van der Waals surface area contributed by atoms with Crippen LogP contribution in [0, 0.1) is 0 Å². The predicted molar refractivity (Wildman–Crippen MR) is 76.0 cm³/mol. The van der Waals surface area contributed by atoms with E-state index in [1.165, 1.54) is 0 Å². The van der Waals surface area contributed by atoms with Crippen LogP contribution in [0.5, 0.6) is 5.75 Å². The van der Waals surface area contributed by atoms with Crippen molar-refractivity contribution in [2.24, 2.45) is 0 Å². The molecule has 0 aliphatic heterocycles. The van der Waals surface area contributed by atoms with E-state index in [9.17, 15) is 4.57 Å². The van der Waals surface area contributed by atoms with Crippen LogP contribution < -0.4 is 9.82 Å². The highest BCUT2D eigenvalue weighted by Gasteiger charge is 2.20. The summed E-state index contributed by atoms with van der Waals surface area (Å²) in [7, 11) is -1.62. The highest BCUT2D eigenvalue weighted by Crippen LogP contribution is 2.43. The van der Waals surface area contributed by atoms with Crippen molar-refractivity contribution < 1.29 is 18.3 Å². The van der Waals surface area contributed by atoms with Gasteiger partial charge in [-0.25, -0.2) is 4.57 Å². The number of benzene rings is 1. The van der Waals surface area contributed by atoms with Crippen LogP contribution in [0.3, 0.4) is 0 Å². The molecule has 106 valence electrons. The van der Waals surface area contributed by atoms with Crippen molar-refractivity contribution in [2.75, 3.05) is 20.3 Å².